The highest BCUT2D eigenvalue weighted by Crippen LogP contribution is 2.25. The number of carbonyl (C=O) groups is 1. The van der Waals surface area contributed by atoms with Crippen molar-refractivity contribution in [3.63, 3.8) is 0 Å². The molecule has 0 saturated heterocycles. The van der Waals surface area contributed by atoms with Crippen LogP contribution in [0.1, 0.15) is 26.2 Å². The minimum Gasteiger partial charge on any atom is -0.491 e. The largest absolute Gasteiger partial charge is 0.491 e. The Balaban J connectivity index is 2.55. The first kappa shape index (κ1) is 15.2. The van der Waals surface area contributed by atoms with Crippen molar-refractivity contribution >= 4 is 11.7 Å². The van der Waals surface area contributed by atoms with Gasteiger partial charge in [-0.05, 0) is 6.42 Å². The molecule has 0 aliphatic heterocycles. The Morgan fingerprint density at radius 2 is 1.89 bits per heavy atom. The number of unbranched alkanes of at least 4 members (excludes halogenated alkanes) is 2. The second kappa shape index (κ2) is 7.56. The minimum atomic E-state index is -0.858. The van der Waals surface area contributed by atoms with Crippen molar-refractivity contribution in [2.24, 2.45) is 0 Å². The van der Waals surface area contributed by atoms with Crippen LogP contribution in [0, 0.1) is 11.6 Å². The number of rotatable bonds is 6. The summed E-state index contributed by atoms with van der Waals surface area (Å²) in [4.78, 5) is 11.5. The van der Waals surface area contributed by atoms with Crippen molar-refractivity contribution in [1.29, 1.82) is 0 Å². The summed E-state index contributed by atoms with van der Waals surface area (Å²) in [6, 6.07) is 1.53. The number of carbonyl (C=O) groups excluding carboxylic acids is 1. The molecule has 1 aromatic rings. The zero-order valence-electron chi connectivity index (χ0n) is 11.1. The van der Waals surface area contributed by atoms with Crippen LogP contribution in [0.4, 0.5) is 19.3 Å². The molecule has 0 spiro atoms. The van der Waals surface area contributed by atoms with Crippen LogP contribution < -0.4 is 15.4 Å². The Morgan fingerprint density at radius 1 is 1.26 bits per heavy atom. The quantitative estimate of drug-likeness (QED) is 0.781. The van der Waals surface area contributed by atoms with Crippen LogP contribution in [-0.4, -0.2) is 19.7 Å². The first-order chi connectivity index (χ1) is 9.08. The maximum absolute atomic E-state index is 13.4. The zero-order chi connectivity index (χ0) is 14.3. The van der Waals surface area contributed by atoms with E-state index < -0.39 is 23.4 Å². The lowest BCUT2D eigenvalue weighted by Crippen LogP contribution is -2.29. The van der Waals surface area contributed by atoms with Crippen molar-refractivity contribution in [2.75, 3.05) is 19.0 Å². The number of hydrogen-bond acceptors (Lipinski definition) is 2. The van der Waals surface area contributed by atoms with E-state index in [0.29, 0.717) is 6.54 Å². The van der Waals surface area contributed by atoms with Crippen LogP contribution in [0.15, 0.2) is 12.1 Å². The first-order valence-electron chi connectivity index (χ1n) is 6.16. The molecule has 1 aromatic carbocycles. The van der Waals surface area contributed by atoms with E-state index in [9.17, 15) is 13.6 Å². The molecule has 0 unspecified atom stereocenters. The molecule has 0 atom stereocenters. The molecule has 0 radical (unpaired) electrons. The maximum Gasteiger partial charge on any atom is 0.319 e. The summed E-state index contributed by atoms with van der Waals surface area (Å²) in [5.74, 6) is -2.18. The third kappa shape index (κ3) is 4.73. The highest BCUT2D eigenvalue weighted by Gasteiger charge is 2.12. The zero-order valence-corrected chi connectivity index (χ0v) is 11.1. The van der Waals surface area contributed by atoms with Crippen LogP contribution in [0.5, 0.6) is 5.75 Å². The smallest absolute Gasteiger partial charge is 0.319 e. The molecule has 0 aliphatic carbocycles. The standard InChI is InChI=1S/C13H18F2N2O2/c1-3-4-5-6-16-13(18)17-9-7-10(14)12(19-2)11(15)8-9/h7-8H,3-6H2,1-2H3,(H2,16,17,18). The number of hydrogen-bond donors (Lipinski definition) is 2. The van der Waals surface area contributed by atoms with E-state index in [-0.39, 0.29) is 5.69 Å². The average molecular weight is 272 g/mol. The molecule has 0 aliphatic rings. The molecule has 2 amide bonds. The second-order valence-corrected chi connectivity index (χ2v) is 4.06. The van der Waals surface area contributed by atoms with Crippen molar-refractivity contribution in [3.05, 3.63) is 23.8 Å². The van der Waals surface area contributed by atoms with Gasteiger partial charge in [-0.25, -0.2) is 13.6 Å². The summed E-state index contributed by atoms with van der Waals surface area (Å²) in [6.07, 6.45) is 2.94. The predicted molar refractivity (Wildman–Crippen MR) is 69.5 cm³/mol. The van der Waals surface area contributed by atoms with Crippen molar-refractivity contribution in [2.45, 2.75) is 26.2 Å². The Labute approximate surface area is 111 Å². The number of anilines is 1. The van der Waals surface area contributed by atoms with Gasteiger partial charge in [0.2, 0.25) is 0 Å². The van der Waals surface area contributed by atoms with E-state index in [4.69, 9.17) is 0 Å². The third-order valence-electron chi connectivity index (χ3n) is 2.53. The second-order valence-electron chi connectivity index (χ2n) is 4.06. The molecule has 6 heteroatoms. The van der Waals surface area contributed by atoms with E-state index in [1.54, 1.807) is 0 Å². The highest BCUT2D eigenvalue weighted by molar-refractivity contribution is 5.89. The topological polar surface area (TPSA) is 50.4 Å². The lowest BCUT2D eigenvalue weighted by molar-refractivity contribution is 0.252. The van der Waals surface area contributed by atoms with Crippen LogP contribution in [0.2, 0.25) is 0 Å². The minimum absolute atomic E-state index is 0.0452. The van der Waals surface area contributed by atoms with Gasteiger partial charge in [0.25, 0.3) is 0 Å². The van der Waals surface area contributed by atoms with Crippen LogP contribution in [0.3, 0.4) is 0 Å². The Bertz CT molecular complexity index is 416. The van der Waals surface area contributed by atoms with E-state index >= 15 is 0 Å². The van der Waals surface area contributed by atoms with Crippen molar-refractivity contribution < 1.29 is 18.3 Å². The van der Waals surface area contributed by atoms with Crippen LogP contribution >= 0.6 is 0 Å². The Hall–Kier alpha value is -1.85. The summed E-state index contributed by atoms with van der Waals surface area (Å²) in [5, 5.41) is 4.97. The lowest BCUT2D eigenvalue weighted by atomic mass is 10.2. The number of halogens is 2. The number of urea groups is 1. The molecule has 1 rings (SSSR count). The summed E-state index contributed by atoms with van der Waals surface area (Å²) < 4.78 is 31.3. The van der Waals surface area contributed by atoms with E-state index in [1.165, 1.54) is 7.11 Å². The Morgan fingerprint density at radius 3 is 2.42 bits per heavy atom. The van der Waals surface area contributed by atoms with Crippen LogP contribution in [-0.2, 0) is 0 Å². The molecule has 19 heavy (non-hydrogen) atoms. The van der Waals surface area contributed by atoms with Gasteiger partial charge >= 0.3 is 6.03 Å². The van der Waals surface area contributed by atoms with Gasteiger partial charge in [-0.15, -0.1) is 0 Å². The van der Waals surface area contributed by atoms with E-state index in [0.717, 1.165) is 31.4 Å². The van der Waals surface area contributed by atoms with Crippen LogP contribution in [0.25, 0.3) is 0 Å². The summed E-state index contributed by atoms with van der Waals surface area (Å²) in [5.41, 5.74) is 0.0452. The van der Waals surface area contributed by atoms with E-state index in [2.05, 4.69) is 22.3 Å². The fraction of sp³-hybridized carbons (Fsp3) is 0.462. The molecule has 0 bridgehead atoms. The van der Waals surface area contributed by atoms with Gasteiger partial charge in [0.05, 0.1) is 7.11 Å². The molecular formula is C13H18F2N2O2. The molecular weight excluding hydrogens is 254 g/mol. The molecule has 0 aromatic heterocycles. The lowest BCUT2D eigenvalue weighted by Gasteiger charge is -2.09. The fourth-order valence-electron chi connectivity index (χ4n) is 1.58. The first-order valence-corrected chi connectivity index (χ1v) is 6.16. The number of amides is 2. The van der Waals surface area contributed by atoms with Gasteiger partial charge in [0, 0.05) is 24.4 Å². The summed E-state index contributed by atoms with van der Waals surface area (Å²) in [6.45, 7) is 2.59. The number of ether oxygens (including phenoxy) is 1. The molecule has 2 N–H and O–H groups in total. The van der Waals surface area contributed by atoms with Gasteiger partial charge in [-0.3, -0.25) is 0 Å². The van der Waals surface area contributed by atoms with Gasteiger partial charge in [-0.1, -0.05) is 19.8 Å². The average Bonchev–Trinajstić information content (AvgIpc) is 2.34. The van der Waals surface area contributed by atoms with Gasteiger partial charge in [0.15, 0.2) is 17.4 Å². The summed E-state index contributed by atoms with van der Waals surface area (Å²) >= 11 is 0. The van der Waals surface area contributed by atoms with Gasteiger partial charge < -0.3 is 15.4 Å². The normalized spacial score (nSPS) is 10.1. The van der Waals surface area contributed by atoms with E-state index in [1.807, 2.05) is 0 Å². The molecule has 0 fully saturated rings. The molecule has 106 valence electrons. The molecule has 0 heterocycles. The third-order valence-corrected chi connectivity index (χ3v) is 2.53. The summed E-state index contributed by atoms with van der Waals surface area (Å²) in [7, 11) is 1.18. The maximum atomic E-state index is 13.4. The number of nitrogens with one attached hydrogen (secondary N) is 2. The van der Waals surface area contributed by atoms with Gasteiger partial charge in [0.1, 0.15) is 0 Å². The molecule has 0 saturated carbocycles. The van der Waals surface area contributed by atoms with Gasteiger partial charge in [-0.2, -0.15) is 0 Å². The number of methoxy groups -OCH3 is 1. The van der Waals surface area contributed by atoms with Crippen molar-refractivity contribution in [3.8, 4) is 5.75 Å². The monoisotopic (exact) mass is 272 g/mol. The Kier molecular flexibility index (Phi) is 6.05. The highest BCUT2D eigenvalue weighted by atomic mass is 19.1. The number of benzene rings is 1. The SMILES string of the molecule is CCCCCNC(=O)Nc1cc(F)c(OC)c(F)c1. The molecule has 4 nitrogen and oxygen atoms in total. The predicted octanol–water partition coefficient (Wildman–Crippen LogP) is 3.29. The fourth-order valence-corrected chi connectivity index (χ4v) is 1.58. The van der Waals surface area contributed by atoms with Crippen molar-refractivity contribution in [1.82, 2.24) is 5.32 Å².